The molecular weight excluding hydrogens is 228 g/mol. The van der Waals surface area contributed by atoms with Gasteiger partial charge in [-0.2, -0.15) is 0 Å². The minimum absolute atomic E-state index is 0.0871. The zero-order valence-electron chi connectivity index (χ0n) is 11.0. The Balaban J connectivity index is 1.87. The molecule has 3 fully saturated rings. The maximum Gasteiger partial charge on any atom is 0.238 e. The number of amides is 1. The fourth-order valence-corrected chi connectivity index (χ4v) is 4.10. The van der Waals surface area contributed by atoms with E-state index in [4.69, 9.17) is 5.73 Å². The number of piperidine rings is 1. The summed E-state index contributed by atoms with van der Waals surface area (Å²) >= 11 is 0. The number of nitrogens with two attached hydrogens (primary N) is 1. The highest BCUT2D eigenvalue weighted by Crippen LogP contribution is 2.40. The highest BCUT2D eigenvalue weighted by molar-refractivity contribution is 5.85. The van der Waals surface area contributed by atoms with Crippen LogP contribution in [0.5, 0.6) is 0 Å². The van der Waals surface area contributed by atoms with Crippen LogP contribution in [0.2, 0.25) is 0 Å². The van der Waals surface area contributed by atoms with Crippen LogP contribution in [0.15, 0.2) is 0 Å². The lowest BCUT2D eigenvalue weighted by molar-refractivity contribution is -0.136. The van der Waals surface area contributed by atoms with Crippen LogP contribution in [0.25, 0.3) is 0 Å². The number of rotatable bonds is 2. The summed E-state index contributed by atoms with van der Waals surface area (Å²) in [7, 11) is 0. The smallest absolute Gasteiger partial charge is 0.238 e. The lowest BCUT2D eigenvalue weighted by Crippen LogP contribution is -2.65. The summed E-state index contributed by atoms with van der Waals surface area (Å²) in [6, 6.07) is 0. The summed E-state index contributed by atoms with van der Waals surface area (Å²) in [6.07, 6.45) is 3.17. The van der Waals surface area contributed by atoms with Gasteiger partial charge < -0.3 is 16.0 Å². The quantitative estimate of drug-likeness (QED) is 0.677. The molecule has 3 aliphatic heterocycles. The molecule has 1 amide bonds. The van der Waals surface area contributed by atoms with E-state index in [-0.39, 0.29) is 11.4 Å². The van der Waals surface area contributed by atoms with E-state index in [0.717, 1.165) is 65.1 Å². The SMILES string of the molecule is NC(=O)C1(N2CCCNCC2)CCN2CCC1C2. The van der Waals surface area contributed by atoms with E-state index in [1.54, 1.807) is 0 Å². The molecule has 3 aliphatic rings. The molecule has 0 aromatic rings. The first-order chi connectivity index (χ1) is 8.73. The second kappa shape index (κ2) is 4.79. The van der Waals surface area contributed by atoms with Gasteiger partial charge in [-0.1, -0.05) is 0 Å². The molecule has 5 nitrogen and oxygen atoms in total. The third kappa shape index (κ3) is 1.85. The van der Waals surface area contributed by atoms with Gasteiger partial charge in [-0.05, 0) is 32.4 Å². The maximum absolute atomic E-state index is 12.2. The summed E-state index contributed by atoms with van der Waals surface area (Å²) in [5.41, 5.74) is 5.49. The van der Waals surface area contributed by atoms with Crippen LogP contribution in [0.3, 0.4) is 0 Å². The van der Waals surface area contributed by atoms with Gasteiger partial charge in [0.05, 0.1) is 0 Å². The summed E-state index contributed by atoms with van der Waals surface area (Å²) in [5.74, 6) is 0.359. The van der Waals surface area contributed by atoms with Gasteiger partial charge in [0.15, 0.2) is 0 Å². The summed E-state index contributed by atoms with van der Waals surface area (Å²) in [5, 5.41) is 3.41. The van der Waals surface area contributed by atoms with Crippen LogP contribution in [0.4, 0.5) is 0 Å². The van der Waals surface area contributed by atoms with Crippen molar-refractivity contribution in [2.75, 3.05) is 45.8 Å². The Morgan fingerprint density at radius 3 is 2.94 bits per heavy atom. The molecule has 3 rings (SSSR count). The first-order valence-corrected chi connectivity index (χ1v) is 7.21. The van der Waals surface area contributed by atoms with Crippen molar-refractivity contribution in [3.8, 4) is 0 Å². The Morgan fingerprint density at radius 1 is 1.22 bits per heavy atom. The minimum atomic E-state index is -0.362. The first kappa shape index (κ1) is 12.4. The molecule has 0 aromatic heterocycles. The van der Waals surface area contributed by atoms with Gasteiger partial charge in [0, 0.05) is 38.6 Å². The lowest BCUT2D eigenvalue weighted by atomic mass is 9.76. The molecule has 3 heterocycles. The van der Waals surface area contributed by atoms with Crippen LogP contribution in [0.1, 0.15) is 19.3 Å². The second-order valence-electron chi connectivity index (χ2n) is 5.92. The number of nitrogens with zero attached hydrogens (tertiary/aromatic N) is 2. The van der Waals surface area contributed by atoms with Crippen molar-refractivity contribution in [1.82, 2.24) is 15.1 Å². The van der Waals surface area contributed by atoms with Crippen molar-refractivity contribution in [2.24, 2.45) is 11.7 Å². The molecule has 3 N–H and O–H groups in total. The van der Waals surface area contributed by atoms with Crippen molar-refractivity contribution >= 4 is 5.91 Å². The molecule has 2 bridgehead atoms. The molecule has 0 aromatic carbocycles. The van der Waals surface area contributed by atoms with Crippen LogP contribution < -0.4 is 11.1 Å². The molecule has 3 atom stereocenters. The number of nitrogens with one attached hydrogen (secondary N) is 1. The fourth-order valence-electron chi connectivity index (χ4n) is 4.10. The van der Waals surface area contributed by atoms with E-state index in [1.165, 1.54) is 0 Å². The molecule has 102 valence electrons. The molecule has 0 saturated carbocycles. The van der Waals surface area contributed by atoms with Crippen molar-refractivity contribution in [3.05, 3.63) is 0 Å². The van der Waals surface area contributed by atoms with Gasteiger partial charge >= 0.3 is 0 Å². The molecule has 5 heteroatoms. The molecule has 0 spiro atoms. The van der Waals surface area contributed by atoms with Crippen molar-refractivity contribution in [3.63, 3.8) is 0 Å². The normalized spacial score (nSPS) is 41.6. The number of hydrogen-bond acceptors (Lipinski definition) is 4. The van der Waals surface area contributed by atoms with Gasteiger partial charge in [0.1, 0.15) is 5.54 Å². The zero-order chi connectivity index (χ0) is 12.6. The third-order valence-electron chi connectivity index (χ3n) is 5.09. The van der Waals surface area contributed by atoms with Crippen LogP contribution in [-0.4, -0.2) is 67.1 Å². The largest absolute Gasteiger partial charge is 0.368 e. The van der Waals surface area contributed by atoms with Crippen LogP contribution in [0, 0.1) is 5.92 Å². The van der Waals surface area contributed by atoms with Gasteiger partial charge in [-0.25, -0.2) is 0 Å². The summed E-state index contributed by atoms with van der Waals surface area (Å²) in [4.78, 5) is 17.1. The van der Waals surface area contributed by atoms with Crippen molar-refractivity contribution in [2.45, 2.75) is 24.8 Å². The van der Waals surface area contributed by atoms with Gasteiger partial charge in [0.2, 0.25) is 5.91 Å². The predicted molar refractivity (Wildman–Crippen MR) is 70.1 cm³/mol. The number of fused-ring (bicyclic) bond motifs is 2. The summed E-state index contributed by atoms with van der Waals surface area (Å²) in [6.45, 7) is 7.24. The Morgan fingerprint density at radius 2 is 2.11 bits per heavy atom. The van der Waals surface area contributed by atoms with E-state index in [0.29, 0.717) is 5.92 Å². The highest BCUT2D eigenvalue weighted by Gasteiger charge is 2.53. The van der Waals surface area contributed by atoms with Crippen molar-refractivity contribution in [1.29, 1.82) is 0 Å². The highest BCUT2D eigenvalue weighted by atomic mass is 16.1. The Kier molecular flexibility index (Phi) is 3.30. The molecule has 3 saturated heterocycles. The third-order valence-corrected chi connectivity index (χ3v) is 5.09. The van der Waals surface area contributed by atoms with Crippen LogP contribution in [-0.2, 0) is 4.79 Å². The lowest BCUT2D eigenvalue weighted by Gasteiger charge is -2.48. The number of hydrogen-bond donors (Lipinski definition) is 2. The van der Waals surface area contributed by atoms with Gasteiger partial charge in [0.25, 0.3) is 0 Å². The Bertz CT molecular complexity index is 327. The Labute approximate surface area is 109 Å². The van der Waals surface area contributed by atoms with E-state index >= 15 is 0 Å². The first-order valence-electron chi connectivity index (χ1n) is 7.21. The average Bonchev–Trinajstić information content (AvgIpc) is 2.60. The minimum Gasteiger partial charge on any atom is -0.368 e. The van der Waals surface area contributed by atoms with E-state index in [2.05, 4.69) is 15.1 Å². The zero-order valence-corrected chi connectivity index (χ0v) is 11.0. The molecular formula is C13H24N4O. The van der Waals surface area contributed by atoms with Crippen LogP contribution >= 0.6 is 0 Å². The second-order valence-corrected chi connectivity index (χ2v) is 5.92. The van der Waals surface area contributed by atoms with E-state index < -0.39 is 0 Å². The predicted octanol–water partition coefficient (Wildman–Crippen LogP) is -0.769. The Hall–Kier alpha value is -0.650. The van der Waals surface area contributed by atoms with E-state index in [1.807, 2.05) is 0 Å². The number of carbonyl (C=O) groups excluding carboxylic acids is 1. The number of carbonyl (C=O) groups is 1. The van der Waals surface area contributed by atoms with Gasteiger partial charge in [-0.15, -0.1) is 0 Å². The monoisotopic (exact) mass is 252 g/mol. The molecule has 0 aliphatic carbocycles. The number of primary amides is 1. The van der Waals surface area contributed by atoms with Gasteiger partial charge in [-0.3, -0.25) is 9.69 Å². The summed E-state index contributed by atoms with van der Waals surface area (Å²) < 4.78 is 0. The maximum atomic E-state index is 12.2. The molecule has 18 heavy (non-hydrogen) atoms. The van der Waals surface area contributed by atoms with Crippen molar-refractivity contribution < 1.29 is 4.79 Å². The molecule has 0 radical (unpaired) electrons. The fraction of sp³-hybridized carbons (Fsp3) is 0.923. The average molecular weight is 252 g/mol. The molecule has 3 unspecified atom stereocenters. The standard InChI is InChI=1S/C13H24N4O/c14-12(18)13(17-6-1-4-15-5-9-17)3-8-16-7-2-11(13)10-16/h11,15H,1-10H2,(H2,14,18). The topological polar surface area (TPSA) is 61.6 Å². The van der Waals surface area contributed by atoms with E-state index in [9.17, 15) is 4.79 Å².